The summed E-state index contributed by atoms with van der Waals surface area (Å²) in [4.78, 5) is 15.9. The van der Waals surface area contributed by atoms with Crippen molar-refractivity contribution in [2.45, 2.75) is 31.2 Å². The maximum Gasteiger partial charge on any atom is 0.309 e. The molecule has 0 radical (unpaired) electrons. The molecule has 0 fully saturated rings. The first kappa shape index (κ1) is 13.9. The molecule has 1 heterocycles. The molecule has 5 heteroatoms. The van der Waals surface area contributed by atoms with E-state index >= 15 is 0 Å². The fourth-order valence-corrected chi connectivity index (χ4v) is 3.10. The normalized spacial score (nSPS) is 14.6. The van der Waals surface area contributed by atoms with Gasteiger partial charge in [-0.3, -0.25) is 4.79 Å². The molecule has 1 atom stereocenters. The monoisotopic (exact) mass is 276 g/mol. The Kier molecular flexibility index (Phi) is 4.43. The third kappa shape index (κ3) is 3.07. The highest BCUT2D eigenvalue weighted by Crippen LogP contribution is 2.28. The number of nitrogens with zero attached hydrogens (tertiary/aromatic N) is 2. The van der Waals surface area contributed by atoms with Gasteiger partial charge in [-0.1, -0.05) is 6.92 Å². The van der Waals surface area contributed by atoms with Gasteiger partial charge in [0.1, 0.15) is 11.1 Å². The van der Waals surface area contributed by atoms with Crippen LogP contribution in [0.3, 0.4) is 0 Å². The highest BCUT2D eigenvalue weighted by atomic mass is 32.2. The van der Waals surface area contributed by atoms with E-state index in [0.717, 1.165) is 30.0 Å². The molecule has 0 aliphatic heterocycles. The molecule has 1 aliphatic carbocycles. The van der Waals surface area contributed by atoms with Crippen molar-refractivity contribution in [3.8, 4) is 6.07 Å². The summed E-state index contributed by atoms with van der Waals surface area (Å²) in [5, 5.41) is 9.91. The van der Waals surface area contributed by atoms with E-state index in [9.17, 15) is 10.1 Å². The SMILES string of the molecule is COC(=O)C(C)CSc1nc2c(cc1C#N)CCC2. The van der Waals surface area contributed by atoms with Crippen LogP contribution in [-0.4, -0.2) is 23.8 Å². The van der Waals surface area contributed by atoms with Gasteiger partial charge in [0, 0.05) is 11.4 Å². The van der Waals surface area contributed by atoms with E-state index in [1.165, 1.54) is 24.4 Å². The van der Waals surface area contributed by atoms with Gasteiger partial charge in [-0.2, -0.15) is 5.26 Å². The quantitative estimate of drug-likeness (QED) is 0.624. The fraction of sp³-hybridized carbons (Fsp3) is 0.500. The van der Waals surface area contributed by atoms with E-state index < -0.39 is 0 Å². The van der Waals surface area contributed by atoms with Gasteiger partial charge in [0.2, 0.25) is 0 Å². The highest BCUT2D eigenvalue weighted by molar-refractivity contribution is 7.99. The number of fused-ring (bicyclic) bond motifs is 1. The number of carbonyl (C=O) groups excluding carboxylic acids is 1. The van der Waals surface area contributed by atoms with Crippen molar-refractivity contribution in [2.75, 3.05) is 12.9 Å². The molecule has 0 saturated heterocycles. The summed E-state index contributed by atoms with van der Waals surface area (Å²) in [7, 11) is 1.39. The summed E-state index contributed by atoms with van der Waals surface area (Å²) in [6, 6.07) is 4.14. The largest absolute Gasteiger partial charge is 0.469 e. The van der Waals surface area contributed by atoms with Crippen LogP contribution in [0.1, 0.15) is 30.2 Å². The number of pyridine rings is 1. The predicted molar refractivity (Wildman–Crippen MR) is 72.9 cm³/mol. The minimum Gasteiger partial charge on any atom is -0.469 e. The summed E-state index contributed by atoms with van der Waals surface area (Å²) >= 11 is 1.45. The van der Waals surface area contributed by atoms with Gasteiger partial charge in [-0.05, 0) is 30.9 Å². The smallest absolute Gasteiger partial charge is 0.309 e. The molecular weight excluding hydrogens is 260 g/mol. The zero-order valence-corrected chi connectivity index (χ0v) is 11.9. The molecule has 1 aliphatic rings. The molecule has 1 aromatic heterocycles. The van der Waals surface area contributed by atoms with E-state index in [1.54, 1.807) is 0 Å². The Labute approximate surface area is 117 Å². The van der Waals surface area contributed by atoms with Gasteiger partial charge < -0.3 is 4.74 Å². The first-order chi connectivity index (χ1) is 9.15. The third-order valence-corrected chi connectivity index (χ3v) is 4.46. The fourth-order valence-electron chi connectivity index (χ4n) is 2.12. The second kappa shape index (κ2) is 6.07. The maximum atomic E-state index is 11.4. The van der Waals surface area contributed by atoms with Crippen molar-refractivity contribution in [3.05, 3.63) is 22.9 Å². The molecule has 19 heavy (non-hydrogen) atoms. The summed E-state index contributed by atoms with van der Waals surface area (Å²) in [5.74, 6) is 0.149. The zero-order chi connectivity index (χ0) is 13.8. The number of hydrogen-bond donors (Lipinski definition) is 0. The molecule has 0 N–H and O–H groups in total. The number of rotatable bonds is 4. The Morgan fingerprint density at radius 1 is 1.63 bits per heavy atom. The van der Waals surface area contributed by atoms with E-state index in [0.29, 0.717) is 11.3 Å². The first-order valence-electron chi connectivity index (χ1n) is 6.29. The van der Waals surface area contributed by atoms with Gasteiger partial charge in [-0.25, -0.2) is 4.98 Å². The Morgan fingerprint density at radius 2 is 2.42 bits per heavy atom. The number of nitriles is 1. The molecule has 4 nitrogen and oxygen atoms in total. The Bertz CT molecular complexity index is 537. The van der Waals surface area contributed by atoms with Crippen molar-refractivity contribution < 1.29 is 9.53 Å². The van der Waals surface area contributed by atoms with Gasteiger partial charge >= 0.3 is 5.97 Å². The van der Waals surface area contributed by atoms with Gasteiger partial charge in [0.05, 0.1) is 18.6 Å². The average Bonchev–Trinajstić information content (AvgIpc) is 2.89. The number of carbonyl (C=O) groups is 1. The summed E-state index contributed by atoms with van der Waals surface area (Å²) in [5.41, 5.74) is 2.91. The van der Waals surface area contributed by atoms with E-state index in [-0.39, 0.29) is 11.9 Å². The lowest BCUT2D eigenvalue weighted by atomic mass is 10.2. The Balaban J connectivity index is 2.12. The Morgan fingerprint density at radius 3 is 3.11 bits per heavy atom. The molecule has 0 saturated carbocycles. The van der Waals surface area contributed by atoms with Crippen LogP contribution in [0.25, 0.3) is 0 Å². The molecule has 2 rings (SSSR count). The van der Waals surface area contributed by atoms with Gasteiger partial charge in [0.25, 0.3) is 0 Å². The number of esters is 1. The van der Waals surface area contributed by atoms with E-state index in [1.807, 2.05) is 13.0 Å². The van der Waals surface area contributed by atoms with Crippen molar-refractivity contribution in [3.63, 3.8) is 0 Å². The molecule has 0 spiro atoms. The van der Waals surface area contributed by atoms with E-state index in [4.69, 9.17) is 4.74 Å². The Hall–Kier alpha value is -1.54. The van der Waals surface area contributed by atoms with Crippen LogP contribution in [0.5, 0.6) is 0 Å². The van der Waals surface area contributed by atoms with Crippen LogP contribution in [0, 0.1) is 17.2 Å². The molecular formula is C14H16N2O2S. The number of methoxy groups -OCH3 is 1. The molecule has 0 amide bonds. The van der Waals surface area contributed by atoms with Gasteiger partial charge in [0.15, 0.2) is 0 Å². The number of aryl methyl sites for hydroxylation is 2. The number of aromatic nitrogens is 1. The van der Waals surface area contributed by atoms with Crippen LogP contribution in [0.2, 0.25) is 0 Å². The van der Waals surface area contributed by atoms with Crippen LogP contribution < -0.4 is 0 Å². The van der Waals surface area contributed by atoms with Crippen molar-refractivity contribution >= 4 is 17.7 Å². The van der Waals surface area contributed by atoms with Crippen LogP contribution in [-0.2, 0) is 22.4 Å². The summed E-state index contributed by atoms with van der Waals surface area (Å²) < 4.78 is 4.69. The topological polar surface area (TPSA) is 63.0 Å². The number of thioether (sulfide) groups is 1. The molecule has 100 valence electrons. The van der Waals surface area contributed by atoms with E-state index in [2.05, 4.69) is 11.1 Å². The summed E-state index contributed by atoms with van der Waals surface area (Å²) in [6.45, 7) is 1.82. The standard InChI is InChI=1S/C14H16N2O2S/c1-9(14(17)18-2)8-19-13-11(7-15)6-10-4-3-5-12(10)16-13/h6,9H,3-5,8H2,1-2H3. The van der Waals surface area contributed by atoms with Crippen LogP contribution in [0.15, 0.2) is 11.1 Å². The van der Waals surface area contributed by atoms with Crippen molar-refractivity contribution in [2.24, 2.45) is 5.92 Å². The summed E-state index contributed by atoms with van der Waals surface area (Å²) in [6.07, 6.45) is 3.11. The molecule has 0 bridgehead atoms. The van der Waals surface area contributed by atoms with Gasteiger partial charge in [-0.15, -0.1) is 11.8 Å². The third-order valence-electron chi connectivity index (χ3n) is 3.21. The maximum absolute atomic E-state index is 11.4. The van der Waals surface area contributed by atoms with Crippen LogP contribution in [0.4, 0.5) is 0 Å². The lowest BCUT2D eigenvalue weighted by molar-refractivity contribution is -0.143. The second-order valence-corrected chi connectivity index (χ2v) is 5.66. The second-order valence-electron chi connectivity index (χ2n) is 4.65. The lowest BCUT2D eigenvalue weighted by Crippen LogP contribution is -2.15. The van der Waals surface area contributed by atoms with Crippen molar-refractivity contribution in [1.29, 1.82) is 5.26 Å². The lowest BCUT2D eigenvalue weighted by Gasteiger charge is -2.10. The van der Waals surface area contributed by atoms with Crippen LogP contribution >= 0.6 is 11.8 Å². The average molecular weight is 276 g/mol. The minimum absolute atomic E-state index is 0.198. The predicted octanol–water partition coefficient (Wildman–Crippen LogP) is 2.34. The number of hydrogen-bond acceptors (Lipinski definition) is 5. The highest BCUT2D eigenvalue weighted by Gasteiger charge is 2.19. The molecule has 1 unspecified atom stereocenters. The minimum atomic E-state index is -0.229. The van der Waals surface area contributed by atoms with Crippen molar-refractivity contribution in [1.82, 2.24) is 4.98 Å². The molecule has 1 aromatic rings. The molecule has 0 aromatic carbocycles. The number of ether oxygens (including phenoxy) is 1. The first-order valence-corrected chi connectivity index (χ1v) is 7.27. The zero-order valence-electron chi connectivity index (χ0n) is 11.1.